The minimum absolute atomic E-state index is 0.0000155. The summed E-state index contributed by atoms with van der Waals surface area (Å²) in [5.41, 5.74) is 4.87. The number of benzene rings is 2. The predicted molar refractivity (Wildman–Crippen MR) is 112 cm³/mol. The van der Waals surface area contributed by atoms with Gasteiger partial charge in [-0.1, -0.05) is 12.1 Å². The van der Waals surface area contributed by atoms with E-state index in [4.69, 9.17) is 9.47 Å². The zero-order valence-corrected chi connectivity index (χ0v) is 16.8. The van der Waals surface area contributed by atoms with Crippen LogP contribution in [0.5, 0.6) is 11.5 Å². The van der Waals surface area contributed by atoms with Gasteiger partial charge in [-0.2, -0.15) is 0 Å². The Hall–Kier alpha value is -2.75. The summed E-state index contributed by atoms with van der Waals surface area (Å²) in [6, 6.07) is 9.64. The fourth-order valence-corrected chi connectivity index (χ4v) is 4.27. The third-order valence-corrected chi connectivity index (χ3v) is 5.96. The maximum atomic E-state index is 13.2. The monoisotopic (exact) mass is 377 g/mol. The lowest BCUT2D eigenvalue weighted by molar-refractivity contribution is 0.0994. The van der Waals surface area contributed by atoms with Gasteiger partial charge in [-0.05, 0) is 74.4 Å². The Morgan fingerprint density at radius 1 is 1.07 bits per heavy atom. The molecule has 28 heavy (non-hydrogen) atoms. The fourth-order valence-electron chi connectivity index (χ4n) is 4.27. The maximum Gasteiger partial charge on any atom is 0.259 e. The predicted octanol–water partition coefficient (Wildman–Crippen LogP) is 5.52. The fraction of sp³-hybridized carbons (Fsp3) is 0.375. The molecule has 0 saturated heterocycles. The van der Waals surface area contributed by atoms with E-state index in [-0.39, 0.29) is 18.1 Å². The lowest BCUT2D eigenvalue weighted by Gasteiger charge is -2.25. The van der Waals surface area contributed by atoms with Crippen LogP contribution < -0.4 is 14.4 Å². The highest BCUT2D eigenvalue weighted by molar-refractivity contribution is 6.11. The molecule has 1 atom stereocenters. The molecule has 0 bridgehead atoms. The highest BCUT2D eigenvalue weighted by atomic mass is 16.5. The van der Waals surface area contributed by atoms with Gasteiger partial charge in [0.25, 0.3) is 5.91 Å². The van der Waals surface area contributed by atoms with E-state index in [1.807, 2.05) is 37.3 Å². The highest BCUT2D eigenvalue weighted by Crippen LogP contribution is 2.42. The van der Waals surface area contributed by atoms with Crippen molar-refractivity contribution in [1.29, 1.82) is 0 Å². The Balaban J connectivity index is 1.73. The van der Waals surface area contributed by atoms with Gasteiger partial charge >= 0.3 is 0 Å². The van der Waals surface area contributed by atoms with Crippen LogP contribution in [-0.4, -0.2) is 19.1 Å². The van der Waals surface area contributed by atoms with E-state index in [1.165, 1.54) is 18.4 Å². The molecule has 2 aromatic rings. The van der Waals surface area contributed by atoms with Gasteiger partial charge in [0.05, 0.1) is 19.3 Å². The maximum absolute atomic E-state index is 13.2. The van der Waals surface area contributed by atoms with Gasteiger partial charge in [0, 0.05) is 17.3 Å². The molecule has 1 heterocycles. The molecule has 1 amide bonds. The normalized spacial score (nSPS) is 19.0. The number of anilines is 1. The van der Waals surface area contributed by atoms with Gasteiger partial charge in [-0.25, -0.2) is 0 Å². The van der Waals surface area contributed by atoms with E-state index in [9.17, 15) is 4.79 Å². The number of carbonyl (C=O) groups excluding carboxylic acids is 1. The van der Waals surface area contributed by atoms with Crippen LogP contribution in [-0.2, 0) is 0 Å². The number of aryl methyl sites for hydroxylation is 2. The van der Waals surface area contributed by atoms with Gasteiger partial charge in [0.2, 0.25) is 0 Å². The molecule has 4 nitrogen and oxygen atoms in total. The van der Waals surface area contributed by atoms with E-state index in [2.05, 4.69) is 19.6 Å². The number of hydrogen-bond acceptors (Lipinski definition) is 3. The molecule has 1 aliphatic carbocycles. The molecular formula is C24H27NO3. The van der Waals surface area contributed by atoms with Crippen molar-refractivity contribution in [3.05, 3.63) is 65.2 Å². The SMILES string of the molecule is C=CC1c2cc(C)c(C)cc2C(=O)N1c1ccc(OC)c(OC2CCCC2)c1. The van der Waals surface area contributed by atoms with Crippen LogP contribution in [0.25, 0.3) is 0 Å². The first kappa shape index (κ1) is 18.6. The molecule has 0 spiro atoms. The van der Waals surface area contributed by atoms with Crippen LogP contribution in [0.4, 0.5) is 5.69 Å². The summed E-state index contributed by atoms with van der Waals surface area (Å²) in [4.78, 5) is 15.0. The third-order valence-electron chi connectivity index (χ3n) is 5.96. The van der Waals surface area contributed by atoms with E-state index in [1.54, 1.807) is 12.0 Å². The van der Waals surface area contributed by atoms with Crippen molar-refractivity contribution in [2.45, 2.75) is 51.7 Å². The Kier molecular flexibility index (Phi) is 4.88. The second kappa shape index (κ2) is 7.34. The van der Waals surface area contributed by atoms with Gasteiger partial charge in [0.1, 0.15) is 0 Å². The molecule has 4 rings (SSSR count). The number of ether oxygens (including phenoxy) is 2. The lowest BCUT2D eigenvalue weighted by atomic mass is 9.98. The van der Waals surface area contributed by atoms with Crippen LogP contribution >= 0.6 is 0 Å². The highest BCUT2D eigenvalue weighted by Gasteiger charge is 2.37. The topological polar surface area (TPSA) is 38.8 Å². The van der Waals surface area contributed by atoms with Gasteiger partial charge in [-0.3, -0.25) is 9.69 Å². The number of rotatable bonds is 5. The molecule has 1 unspecified atom stereocenters. The molecule has 0 aromatic heterocycles. The van der Waals surface area contributed by atoms with Crippen molar-refractivity contribution < 1.29 is 14.3 Å². The van der Waals surface area contributed by atoms with Crippen LogP contribution in [0.1, 0.15) is 58.8 Å². The van der Waals surface area contributed by atoms with E-state index in [0.29, 0.717) is 11.5 Å². The van der Waals surface area contributed by atoms with Gasteiger partial charge in [-0.15, -0.1) is 6.58 Å². The number of hydrogen-bond donors (Lipinski definition) is 0. The minimum atomic E-state index is -0.186. The number of methoxy groups -OCH3 is 1. The average molecular weight is 377 g/mol. The summed E-state index contributed by atoms with van der Waals surface area (Å²) in [5.74, 6) is 1.40. The first-order valence-electron chi connectivity index (χ1n) is 9.95. The first-order valence-corrected chi connectivity index (χ1v) is 9.95. The van der Waals surface area contributed by atoms with E-state index in [0.717, 1.165) is 35.2 Å². The van der Waals surface area contributed by atoms with Crippen molar-refractivity contribution in [3.8, 4) is 11.5 Å². The molecule has 4 heteroatoms. The van der Waals surface area contributed by atoms with Gasteiger partial charge < -0.3 is 9.47 Å². The second-order valence-electron chi connectivity index (χ2n) is 7.74. The zero-order chi connectivity index (χ0) is 19.8. The molecule has 2 aliphatic rings. The summed E-state index contributed by atoms with van der Waals surface area (Å²) in [7, 11) is 1.64. The van der Waals surface area contributed by atoms with Crippen molar-refractivity contribution in [3.63, 3.8) is 0 Å². The van der Waals surface area contributed by atoms with Crippen LogP contribution in [0.3, 0.4) is 0 Å². The Bertz CT molecular complexity index is 928. The summed E-state index contributed by atoms with van der Waals surface area (Å²) in [5, 5.41) is 0. The molecule has 1 fully saturated rings. The summed E-state index contributed by atoms with van der Waals surface area (Å²) in [6.07, 6.45) is 6.58. The molecule has 1 aliphatic heterocycles. The third kappa shape index (κ3) is 3.07. The summed E-state index contributed by atoms with van der Waals surface area (Å²) in [6.45, 7) is 8.10. The first-order chi connectivity index (χ1) is 13.5. The zero-order valence-electron chi connectivity index (χ0n) is 16.8. The van der Waals surface area contributed by atoms with Crippen molar-refractivity contribution in [1.82, 2.24) is 0 Å². The van der Waals surface area contributed by atoms with Crippen molar-refractivity contribution in [2.75, 3.05) is 12.0 Å². The van der Waals surface area contributed by atoms with Crippen molar-refractivity contribution in [2.24, 2.45) is 0 Å². The van der Waals surface area contributed by atoms with Crippen molar-refractivity contribution >= 4 is 11.6 Å². The van der Waals surface area contributed by atoms with Gasteiger partial charge in [0.15, 0.2) is 11.5 Å². The Morgan fingerprint density at radius 3 is 2.46 bits per heavy atom. The summed E-state index contributed by atoms with van der Waals surface area (Å²) < 4.78 is 11.7. The lowest BCUT2D eigenvalue weighted by Crippen LogP contribution is -2.26. The Labute approximate surface area is 166 Å². The van der Waals surface area contributed by atoms with E-state index < -0.39 is 0 Å². The number of fused-ring (bicyclic) bond motifs is 1. The second-order valence-corrected chi connectivity index (χ2v) is 7.74. The summed E-state index contributed by atoms with van der Waals surface area (Å²) >= 11 is 0. The molecule has 146 valence electrons. The van der Waals surface area contributed by atoms with Crippen LogP contribution in [0, 0.1) is 13.8 Å². The molecule has 0 radical (unpaired) electrons. The van der Waals surface area contributed by atoms with E-state index >= 15 is 0 Å². The molecular weight excluding hydrogens is 350 g/mol. The average Bonchev–Trinajstić information content (AvgIpc) is 3.29. The number of amides is 1. The standard InChI is InChI=1S/C24H27NO3/c1-5-21-19-12-15(2)16(3)13-20(19)24(26)25(21)17-10-11-22(27-4)23(14-17)28-18-8-6-7-9-18/h5,10-14,18,21H,1,6-9H2,2-4H3. The molecule has 2 aromatic carbocycles. The Morgan fingerprint density at radius 2 is 1.79 bits per heavy atom. The quantitative estimate of drug-likeness (QED) is 0.644. The molecule has 0 N–H and O–H groups in total. The smallest absolute Gasteiger partial charge is 0.259 e. The minimum Gasteiger partial charge on any atom is -0.493 e. The van der Waals surface area contributed by atoms with Crippen LogP contribution in [0.2, 0.25) is 0 Å². The van der Waals surface area contributed by atoms with Crippen LogP contribution in [0.15, 0.2) is 43.0 Å². The largest absolute Gasteiger partial charge is 0.493 e. The number of nitrogens with zero attached hydrogens (tertiary/aromatic N) is 1. The number of carbonyl (C=O) groups is 1. The molecule has 1 saturated carbocycles.